The highest BCUT2D eigenvalue weighted by Crippen LogP contribution is 2.36. The second-order valence-corrected chi connectivity index (χ2v) is 4.99. The first-order valence-corrected chi connectivity index (χ1v) is 5.91. The monoisotopic (exact) mass is 262 g/mol. The van der Waals surface area contributed by atoms with E-state index in [-0.39, 0.29) is 11.7 Å². The molecule has 0 N–H and O–H groups in total. The van der Waals surface area contributed by atoms with E-state index < -0.39 is 0 Å². The molecular weight excluding hydrogens is 254 g/mol. The van der Waals surface area contributed by atoms with Crippen LogP contribution in [0.25, 0.3) is 0 Å². The van der Waals surface area contributed by atoms with Crippen LogP contribution in [0.1, 0.15) is 29.6 Å². The Kier molecular flexibility index (Phi) is 3.24. The Bertz CT molecular complexity index is 387. The van der Waals surface area contributed by atoms with Gasteiger partial charge in [-0.05, 0) is 25.0 Å². The Morgan fingerprint density at radius 3 is 2.07 bits per heavy atom. The molecule has 0 radical (unpaired) electrons. The van der Waals surface area contributed by atoms with E-state index in [1.807, 2.05) is 0 Å². The van der Waals surface area contributed by atoms with Crippen LogP contribution in [0.5, 0.6) is 0 Å². The maximum atomic E-state index is 12.0. The summed E-state index contributed by atoms with van der Waals surface area (Å²) in [6, 6.07) is 3.11. The third kappa shape index (κ3) is 2.15. The third-order valence-corrected chi connectivity index (χ3v) is 3.54. The molecule has 0 heterocycles. The van der Waals surface area contributed by atoms with Gasteiger partial charge in [-0.1, -0.05) is 41.2 Å². The molecule has 4 heteroatoms. The summed E-state index contributed by atoms with van der Waals surface area (Å²) < 4.78 is 0. The Hall–Kier alpha value is -0.240. The van der Waals surface area contributed by atoms with Gasteiger partial charge < -0.3 is 0 Å². The summed E-state index contributed by atoms with van der Waals surface area (Å²) in [7, 11) is 0. The molecular formula is C11H9Cl3O. The SMILES string of the molecule is O=C(c1c(Cl)cc(Cl)cc1Cl)C1CCC1. The van der Waals surface area contributed by atoms with Crippen LogP contribution in [0.2, 0.25) is 15.1 Å². The van der Waals surface area contributed by atoms with Gasteiger partial charge in [0.05, 0.1) is 15.6 Å². The van der Waals surface area contributed by atoms with Crippen LogP contribution in [0.15, 0.2) is 12.1 Å². The van der Waals surface area contributed by atoms with Gasteiger partial charge in [-0.15, -0.1) is 0 Å². The van der Waals surface area contributed by atoms with Crippen LogP contribution < -0.4 is 0 Å². The summed E-state index contributed by atoms with van der Waals surface area (Å²) >= 11 is 17.7. The highest BCUT2D eigenvalue weighted by Gasteiger charge is 2.29. The first-order chi connectivity index (χ1) is 7.09. The molecule has 1 aliphatic carbocycles. The highest BCUT2D eigenvalue weighted by atomic mass is 35.5. The van der Waals surface area contributed by atoms with E-state index in [1.165, 1.54) is 0 Å². The van der Waals surface area contributed by atoms with Gasteiger partial charge in [-0.3, -0.25) is 4.79 Å². The van der Waals surface area contributed by atoms with Gasteiger partial charge in [0, 0.05) is 10.9 Å². The fourth-order valence-electron chi connectivity index (χ4n) is 1.65. The number of carbonyl (C=O) groups is 1. The van der Waals surface area contributed by atoms with E-state index in [0.717, 1.165) is 19.3 Å². The van der Waals surface area contributed by atoms with Crippen molar-refractivity contribution in [2.24, 2.45) is 5.92 Å². The lowest BCUT2D eigenvalue weighted by molar-refractivity contribution is 0.0855. The van der Waals surface area contributed by atoms with Gasteiger partial charge in [-0.25, -0.2) is 0 Å². The van der Waals surface area contributed by atoms with Gasteiger partial charge in [0.15, 0.2) is 5.78 Å². The maximum absolute atomic E-state index is 12.0. The number of hydrogen-bond donors (Lipinski definition) is 0. The van der Waals surface area contributed by atoms with Crippen molar-refractivity contribution in [3.8, 4) is 0 Å². The largest absolute Gasteiger partial charge is 0.294 e. The second kappa shape index (κ2) is 4.32. The van der Waals surface area contributed by atoms with E-state index in [0.29, 0.717) is 20.6 Å². The summed E-state index contributed by atoms with van der Waals surface area (Å²) in [4.78, 5) is 12.0. The lowest BCUT2D eigenvalue weighted by Gasteiger charge is -2.24. The van der Waals surface area contributed by atoms with Crippen LogP contribution in [0, 0.1) is 5.92 Å². The molecule has 2 rings (SSSR count). The Morgan fingerprint density at radius 2 is 1.67 bits per heavy atom. The zero-order chi connectivity index (χ0) is 11.0. The number of halogens is 3. The quantitative estimate of drug-likeness (QED) is 0.711. The van der Waals surface area contributed by atoms with Gasteiger partial charge in [0.1, 0.15) is 0 Å². The van der Waals surface area contributed by atoms with Gasteiger partial charge in [0.25, 0.3) is 0 Å². The Labute approximate surface area is 103 Å². The van der Waals surface area contributed by atoms with Crippen molar-refractivity contribution in [3.63, 3.8) is 0 Å². The average Bonchev–Trinajstić information content (AvgIpc) is 1.97. The third-order valence-electron chi connectivity index (χ3n) is 2.73. The second-order valence-electron chi connectivity index (χ2n) is 3.74. The minimum atomic E-state index is 0.0490. The standard InChI is InChI=1S/C11H9Cl3O/c12-7-4-8(13)10(9(14)5-7)11(15)6-2-1-3-6/h4-6H,1-3H2. The van der Waals surface area contributed by atoms with Crippen molar-refractivity contribution in [1.82, 2.24) is 0 Å². The molecule has 80 valence electrons. The summed E-state index contributed by atoms with van der Waals surface area (Å²) in [6.07, 6.45) is 2.99. The maximum Gasteiger partial charge on any atom is 0.168 e. The lowest BCUT2D eigenvalue weighted by Crippen LogP contribution is -2.22. The van der Waals surface area contributed by atoms with Crippen molar-refractivity contribution in [2.75, 3.05) is 0 Å². The number of ketones is 1. The summed E-state index contributed by atoms with van der Waals surface area (Å²) in [5, 5.41) is 1.16. The predicted molar refractivity (Wildman–Crippen MR) is 63.1 cm³/mol. The van der Waals surface area contributed by atoms with Crippen molar-refractivity contribution >= 4 is 40.6 Å². The van der Waals surface area contributed by atoms with Crippen molar-refractivity contribution in [3.05, 3.63) is 32.8 Å². The number of hydrogen-bond acceptors (Lipinski definition) is 1. The van der Waals surface area contributed by atoms with Crippen LogP contribution >= 0.6 is 34.8 Å². The lowest BCUT2D eigenvalue weighted by atomic mass is 9.80. The molecule has 1 saturated carbocycles. The van der Waals surface area contributed by atoms with E-state index in [1.54, 1.807) is 12.1 Å². The van der Waals surface area contributed by atoms with E-state index >= 15 is 0 Å². The molecule has 0 unspecified atom stereocenters. The zero-order valence-electron chi connectivity index (χ0n) is 7.90. The molecule has 0 atom stereocenters. The van der Waals surface area contributed by atoms with Crippen LogP contribution in [0.4, 0.5) is 0 Å². The molecule has 15 heavy (non-hydrogen) atoms. The fraction of sp³-hybridized carbons (Fsp3) is 0.364. The summed E-state index contributed by atoms with van der Waals surface area (Å²) in [5.41, 5.74) is 0.424. The van der Waals surface area contributed by atoms with Crippen molar-refractivity contribution in [2.45, 2.75) is 19.3 Å². The molecule has 0 spiro atoms. The normalized spacial score (nSPS) is 16.2. The number of rotatable bonds is 2. The molecule has 0 aliphatic heterocycles. The zero-order valence-corrected chi connectivity index (χ0v) is 10.2. The molecule has 1 nitrogen and oxygen atoms in total. The molecule has 1 aromatic carbocycles. The van der Waals surface area contributed by atoms with Crippen molar-refractivity contribution < 1.29 is 4.79 Å². The molecule has 0 saturated heterocycles. The first kappa shape index (κ1) is 11.3. The number of Topliss-reactive ketones (excluding diaryl/α,β-unsaturated/α-hetero) is 1. The molecule has 1 aromatic rings. The van der Waals surface area contributed by atoms with E-state index in [9.17, 15) is 4.79 Å². The van der Waals surface area contributed by atoms with Crippen LogP contribution in [-0.2, 0) is 0 Å². The smallest absolute Gasteiger partial charge is 0.168 e. The topological polar surface area (TPSA) is 17.1 Å². The van der Waals surface area contributed by atoms with Gasteiger partial charge in [0.2, 0.25) is 0 Å². The van der Waals surface area contributed by atoms with Gasteiger partial charge in [-0.2, -0.15) is 0 Å². The summed E-state index contributed by atoms with van der Waals surface area (Å²) in [5.74, 6) is 0.147. The van der Waals surface area contributed by atoms with E-state index in [4.69, 9.17) is 34.8 Å². The minimum Gasteiger partial charge on any atom is -0.294 e. The molecule has 0 amide bonds. The molecule has 1 fully saturated rings. The Balaban J connectivity index is 2.38. The van der Waals surface area contributed by atoms with Crippen molar-refractivity contribution in [1.29, 1.82) is 0 Å². The fourth-order valence-corrected chi connectivity index (χ4v) is 2.66. The number of carbonyl (C=O) groups excluding carboxylic acids is 1. The predicted octanol–water partition coefficient (Wildman–Crippen LogP) is 4.63. The molecule has 0 bridgehead atoms. The highest BCUT2D eigenvalue weighted by molar-refractivity contribution is 6.42. The van der Waals surface area contributed by atoms with E-state index in [2.05, 4.69) is 0 Å². The molecule has 0 aromatic heterocycles. The van der Waals surface area contributed by atoms with Gasteiger partial charge >= 0.3 is 0 Å². The Morgan fingerprint density at radius 1 is 1.13 bits per heavy atom. The summed E-state index contributed by atoms with van der Waals surface area (Å²) in [6.45, 7) is 0. The average molecular weight is 264 g/mol. The number of benzene rings is 1. The van der Waals surface area contributed by atoms with Crippen LogP contribution in [-0.4, -0.2) is 5.78 Å². The minimum absolute atomic E-state index is 0.0490. The van der Waals surface area contributed by atoms with Crippen LogP contribution in [0.3, 0.4) is 0 Å². The first-order valence-electron chi connectivity index (χ1n) is 4.78. The molecule has 1 aliphatic rings.